The molecule has 0 amide bonds. The number of phenols is 6. The van der Waals surface area contributed by atoms with Crippen molar-refractivity contribution in [2.24, 2.45) is 0 Å². The zero-order valence-electron chi connectivity index (χ0n) is 10.2. The number of phenolic OH excluding ortho intramolecular Hbond substituents is 6. The third kappa shape index (κ3) is 2.13. The first-order valence-electron chi connectivity index (χ1n) is 5.40. The average Bonchev–Trinajstić information content (AvgIpc) is 2.41. The van der Waals surface area contributed by atoms with E-state index in [9.17, 15) is 28.8 Å². The van der Waals surface area contributed by atoms with Crippen LogP contribution in [-0.4, -0.2) is 39.1 Å². The second-order valence-corrected chi connectivity index (χ2v) is 5.95. The van der Waals surface area contributed by atoms with Crippen molar-refractivity contribution >= 4 is 9.84 Å². The zero-order valence-corrected chi connectivity index (χ0v) is 11.0. The lowest BCUT2D eigenvalue weighted by atomic mass is 10.3. The molecule has 0 radical (unpaired) electrons. The maximum atomic E-state index is 12.3. The molecule has 2 aromatic carbocycles. The van der Waals surface area contributed by atoms with E-state index in [1.807, 2.05) is 0 Å². The van der Waals surface area contributed by atoms with Gasteiger partial charge in [0.2, 0.25) is 21.3 Å². The van der Waals surface area contributed by atoms with E-state index < -0.39 is 54.1 Å². The number of sulfone groups is 1. The Kier molecular flexibility index (Phi) is 3.22. The van der Waals surface area contributed by atoms with Crippen molar-refractivity contribution in [1.29, 1.82) is 0 Å². The lowest BCUT2D eigenvalue weighted by Crippen LogP contribution is -2.03. The summed E-state index contributed by atoms with van der Waals surface area (Å²) in [6.07, 6.45) is 0. The second-order valence-electron chi connectivity index (χ2n) is 4.06. The summed E-state index contributed by atoms with van der Waals surface area (Å²) in [4.78, 5) is -1.59. The maximum absolute atomic E-state index is 12.3. The molecule has 9 heteroatoms. The van der Waals surface area contributed by atoms with Gasteiger partial charge in [-0.1, -0.05) is 0 Å². The van der Waals surface area contributed by atoms with Gasteiger partial charge < -0.3 is 30.6 Å². The third-order valence-electron chi connectivity index (χ3n) is 2.76. The summed E-state index contributed by atoms with van der Waals surface area (Å²) in [7, 11) is -4.52. The minimum absolute atomic E-state index is 0.732. The number of aromatic hydroxyl groups is 6. The fourth-order valence-electron chi connectivity index (χ4n) is 1.65. The van der Waals surface area contributed by atoms with Crippen LogP contribution >= 0.6 is 0 Å². The molecule has 2 aromatic rings. The highest BCUT2D eigenvalue weighted by Gasteiger charge is 2.29. The largest absolute Gasteiger partial charge is 0.504 e. The molecule has 0 bridgehead atoms. The van der Waals surface area contributed by atoms with Crippen molar-refractivity contribution in [3.8, 4) is 34.5 Å². The molecule has 0 aliphatic carbocycles. The molecule has 0 fully saturated rings. The molecule has 8 nitrogen and oxygen atoms in total. The lowest BCUT2D eigenvalue weighted by molar-refractivity contribution is 0.358. The van der Waals surface area contributed by atoms with Crippen LogP contribution in [-0.2, 0) is 9.84 Å². The highest BCUT2D eigenvalue weighted by molar-refractivity contribution is 7.91. The molecular formula is C12H10O8S. The SMILES string of the molecule is O=S(=O)(c1ccc(O)c(O)c1O)c1ccc(O)c(O)c1O. The fourth-order valence-corrected chi connectivity index (χ4v) is 3.09. The molecule has 21 heavy (non-hydrogen) atoms. The van der Waals surface area contributed by atoms with E-state index in [-0.39, 0.29) is 0 Å². The Morgan fingerprint density at radius 1 is 0.571 bits per heavy atom. The van der Waals surface area contributed by atoms with E-state index in [4.69, 9.17) is 10.2 Å². The average molecular weight is 314 g/mol. The van der Waals surface area contributed by atoms with Gasteiger partial charge in [0.1, 0.15) is 9.79 Å². The molecule has 0 aromatic heterocycles. The van der Waals surface area contributed by atoms with Gasteiger partial charge in [-0.25, -0.2) is 8.42 Å². The quantitative estimate of drug-likeness (QED) is 0.443. The van der Waals surface area contributed by atoms with Gasteiger partial charge >= 0.3 is 0 Å². The van der Waals surface area contributed by atoms with Crippen molar-refractivity contribution < 1.29 is 39.1 Å². The number of rotatable bonds is 2. The molecular weight excluding hydrogens is 304 g/mol. The number of hydrogen-bond donors (Lipinski definition) is 6. The number of hydrogen-bond acceptors (Lipinski definition) is 8. The van der Waals surface area contributed by atoms with Crippen molar-refractivity contribution in [3.05, 3.63) is 24.3 Å². The summed E-state index contributed by atoms with van der Waals surface area (Å²) in [5.74, 6) is -5.77. The van der Waals surface area contributed by atoms with Crippen LogP contribution in [0.3, 0.4) is 0 Å². The summed E-state index contributed by atoms with van der Waals surface area (Å²) in [6, 6.07) is 3.28. The second kappa shape index (κ2) is 4.63. The van der Waals surface area contributed by atoms with Crippen LogP contribution in [0.1, 0.15) is 0 Å². The van der Waals surface area contributed by atoms with Crippen LogP contribution in [0.4, 0.5) is 0 Å². The van der Waals surface area contributed by atoms with Crippen molar-refractivity contribution in [2.45, 2.75) is 9.79 Å². The third-order valence-corrected chi connectivity index (χ3v) is 4.58. The molecule has 0 spiro atoms. The van der Waals surface area contributed by atoms with Gasteiger partial charge in [-0.05, 0) is 24.3 Å². The molecule has 0 heterocycles. The van der Waals surface area contributed by atoms with Gasteiger partial charge in [-0.15, -0.1) is 0 Å². The Hall–Kier alpha value is -2.81. The highest BCUT2D eigenvalue weighted by atomic mass is 32.2. The van der Waals surface area contributed by atoms with Gasteiger partial charge in [-0.2, -0.15) is 0 Å². The predicted octanol–water partition coefficient (Wildman–Crippen LogP) is 0.753. The molecule has 0 saturated carbocycles. The monoisotopic (exact) mass is 314 g/mol. The Balaban J connectivity index is 2.75. The minimum atomic E-state index is -4.52. The highest BCUT2D eigenvalue weighted by Crippen LogP contribution is 2.45. The van der Waals surface area contributed by atoms with Crippen LogP contribution < -0.4 is 0 Å². The molecule has 0 saturated heterocycles. The fraction of sp³-hybridized carbons (Fsp3) is 0. The van der Waals surface area contributed by atoms with Crippen molar-refractivity contribution in [2.75, 3.05) is 0 Å². The summed E-state index contributed by atoms with van der Waals surface area (Å²) >= 11 is 0. The van der Waals surface area contributed by atoms with E-state index in [1.54, 1.807) is 0 Å². The standard InChI is InChI=1S/C12H10O8S/c13-5-1-3-7(11(17)9(5)15)21(19,20)8-4-2-6(14)10(16)12(8)18/h1-4,13-18H. The van der Waals surface area contributed by atoms with Gasteiger partial charge in [0.05, 0.1) is 0 Å². The Labute approximate surface area is 118 Å². The molecule has 2 rings (SSSR count). The minimum Gasteiger partial charge on any atom is -0.504 e. The van der Waals surface area contributed by atoms with Crippen molar-refractivity contribution in [1.82, 2.24) is 0 Å². The van der Waals surface area contributed by atoms with E-state index >= 15 is 0 Å². The molecule has 0 atom stereocenters. The molecule has 0 unspecified atom stereocenters. The van der Waals surface area contributed by atoms with Crippen molar-refractivity contribution in [3.63, 3.8) is 0 Å². The normalized spacial score (nSPS) is 11.4. The maximum Gasteiger partial charge on any atom is 0.214 e. The van der Waals surface area contributed by atoms with Gasteiger partial charge in [0.15, 0.2) is 23.0 Å². The summed E-state index contributed by atoms with van der Waals surface area (Å²) in [5, 5.41) is 56.3. The molecule has 112 valence electrons. The Bertz CT molecular complexity index is 762. The summed E-state index contributed by atoms with van der Waals surface area (Å²) < 4.78 is 24.6. The molecule has 0 aliphatic rings. The van der Waals surface area contributed by atoms with Crippen LogP contribution in [0.2, 0.25) is 0 Å². The first-order chi connectivity index (χ1) is 9.67. The van der Waals surface area contributed by atoms with E-state index in [0.29, 0.717) is 0 Å². The smallest absolute Gasteiger partial charge is 0.214 e. The lowest BCUT2D eigenvalue weighted by Gasteiger charge is -2.11. The first-order valence-corrected chi connectivity index (χ1v) is 6.89. The van der Waals surface area contributed by atoms with Crippen LogP contribution in [0.5, 0.6) is 34.5 Å². The molecule has 6 N–H and O–H groups in total. The van der Waals surface area contributed by atoms with Crippen LogP contribution in [0, 0.1) is 0 Å². The van der Waals surface area contributed by atoms with E-state index in [2.05, 4.69) is 0 Å². The first kappa shape index (κ1) is 14.6. The Morgan fingerprint density at radius 3 is 1.24 bits per heavy atom. The Morgan fingerprint density at radius 2 is 0.905 bits per heavy atom. The van der Waals surface area contributed by atoms with Gasteiger partial charge in [0, 0.05) is 0 Å². The van der Waals surface area contributed by atoms with E-state index in [0.717, 1.165) is 24.3 Å². The molecule has 0 aliphatic heterocycles. The zero-order chi connectivity index (χ0) is 15.9. The topological polar surface area (TPSA) is 156 Å². The predicted molar refractivity (Wildman–Crippen MR) is 68.3 cm³/mol. The van der Waals surface area contributed by atoms with Gasteiger partial charge in [-0.3, -0.25) is 0 Å². The summed E-state index contributed by atoms with van der Waals surface area (Å²) in [5.41, 5.74) is 0. The van der Waals surface area contributed by atoms with E-state index in [1.165, 1.54) is 0 Å². The van der Waals surface area contributed by atoms with Gasteiger partial charge in [0.25, 0.3) is 0 Å². The van der Waals surface area contributed by atoms with Crippen LogP contribution in [0.25, 0.3) is 0 Å². The van der Waals surface area contributed by atoms with Crippen LogP contribution in [0.15, 0.2) is 34.1 Å². The number of benzene rings is 2. The summed E-state index contributed by atoms with van der Waals surface area (Å²) in [6.45, 7) is 0.